The normalized spacial score (nSPS) is 15.2. The lowest BCUT2D eigenvalue weighted by molar-refractivity contribution is 0.288. The Bertz CT molecular complexity index is 659. The minimum atomic E-state index is -0.257. The minimum Gasteiger partial charge on any atom is -0.493 e. The van der Waals surface area contributed by atoms with Gasteiger partial charge in [0.25, 0.3) is 0 Å². The van der Waals surface area contributed by atoms with Crippen LogP contribution in [0.1, 0.15) is 29.2 Å². The van der Waals surface area contributed by atoms with Gasteiger partial charge in [-0.15, -0.1) is 0 Å². The lowest BCUT2D eigenvalue weighted by Gasteiger charge is -2.22. The zero-order valence-electron chi connectivity index (χ0n) is 11.8. The van der Waals surface area contributed by atoms with Crippen molar-refractivity contribution < 1.29 is 9.13 Å². The number of nitrogens with one attached hydrogen (secondary N) is 1. The summed E-state index contributed by atoms with van der Waals surface area (Å²) in [6.45, 7) is 0.769. The third-order valence-electron chi connectivity index (χ3n) is 3.82. The molecule has 0 amide bonds. The summed E-state index contributed by atoms with van der Waals surface area (Å²) < 4.78 is 19.7. The molecule has 0 bridgehead atoms. The summed E-state index contributed by atoms with van der Waals surface area (Å²) in [6, 6.07) is 10.5. The van der Waals surface area contributed by atoms with E-state index in [4.69, 9.17) is 16.3 Å². The summed E-state index contributed by atoms with van der Waals surface area (Å²) in [4.78, 5) is 0. The van der Waals surface area contributed by atoms with Crippen LogP contribution in [0, 0.1) is 5.82 Å². The van der Waals surface area contributed by atoms with Crippen molar-refractivity contribution in [1.82, 2.24) is 5.32 Å². The number of halogens is 2. The van der Waals surface area contributed by atoms with Gasteiger partial charge < -0.3 is 10.1 Å². The van der Waals surface area contributed by atoms with Gasteiger partial charge in [0.1, 0.15) is 11.6 Å². The van der Waals surface area contributed by atoms with Crippen molar-refractivity contribution in [2.75, 3.05) is 13.7 Å². The molecule has 0 saturated heterocycles. The first-order chi connectivity index (χ1) is 10.2. The molecule has 4 heteroatoms. The number of rotatable bonds is 3. The van der Waals surface area contributed by atoms with Gasteiger partial charge in [-0.1, -0.05) is 23.7 Å². The van der Waals surface area contributed by atoms with E-state index < -0.39 is 0 Å². The van der Waals surface area contributed by atoms with Crippen LogP contribution in [0.4, 0.5) is 4.39 Å². The van der Waals surface area contributed by atoms with Crippen LogP contribution >= 0.6 is 11.6 Å². The van der Waals surface area contributed by atoms with Crippen molar-refractivity contribution in [1.29, 1.82) is 0 Å². The minimum absolute atomic E-state index is 0.226. The summed E-state index contributed by atoms with van der Waals surface area (Å²) in [7, 11) is 1.82. The van der Waals surface area contributed by atoms with E-state index in [9.17, 15) is 4.39 Å². The first-order valence-corrected chi connectivity index (χ1v) is 7.44. The van der Waals surface area contributed by atoms with Gasteiger partial charge in [-0.3, -0.25) is 0 Å². The molecular weight excluding hydrogens is 289 g/mol. The van der Waals surface area contributed by atoms with Crippen LogP contribution in [0.2, 0.25) is 5.02 Å². The van der Waals surface area contributed by atoms with Crippen LogP contribution < -0.4 is 10.1 Å². The molecule has 1 unspecified atom stereocenters. The van der Waals surface area contributed by atoms with E-state index in [1.54, 1.807) is 12.1 Å². The van der Waals surface area contributed by atoms with E-state index in [0.717, 1.165) is 30.8 Å². The predicted molar refractivity (Wildman–Crippen MR) is 82.6 cm³/mol. The Kier molecular flexibility index (Phi) is 4.13. The van der Waals surface area contributed by atoms with Crippen molar-refractivity contribution in [3.05, 3.63) is 63.9 Å². The predicted octanol–water partition coefficient (Wildman–Crippen LogP) is 4.11. The van der Waals surface area contributed by atoms with Gasteiger partial charge in [-0.05, 0) is 55.3 Å². The number of hydrogen-bond acceptors (Lipinski definition) is 2. The van der Waals surface area contributed by atoms with E-state index in [0.29, 0.717) is 10.6 Å². The second-order valence-electron chi connectivity index (χ2n) is 5.21. The molecule has 2 nitrogen and oxygen atoms in total. The highest BCUT2D eigenvalue weighted by Crippen LogP contribution is 2.31. The van der Waals surface area contributed by atoms with Crippen molar-refractivity contribution in [2.45, 2.75) is 18.9 Å². The van der Waals surface area contributed by atoms with Gasteiger partial charge in [0.05, 0.1) is 12.6 Å². The second-order valence-corrected chi connectivity index (χ2v) is 5.64. The molecule has 21 heavy (non-hydrogen) atoms. The van der Waals surface area contributed by atoms with Crippen molar-refractivity contribution in [2.24, 2.45) is 0 Å². The smallest absolute Gasteiger partial charge is 0.128 e. The summed E-state index contributed by atoms with van der Waals surface area (Å²) in [5.74, 6) is 0.680. The van der Waals surface area contributed by atoms with Gasteiger partial charge >= 0.3 is 0 Å². The third-order valence-corrected chi connectivity index (χ3v) is 4.06. The Morgan fingerprint density at radius 2 is 2.10 bits per heavy atom. The van der Waals surface area contributed by atoms with E-state index >= 15 is 0 Å². The van der Waals surface area contributed by atoms with Gasteiger partial charge in [-0.25, -0.2) is 4.39 Å². The summed E-state index contributed by atoms with van der Waals surface area (Å²) in [6.07, 6.45) is 2.02. The molecule has 0 fully saturated rings. The van der Waals surface area contributed by atoms with Crippen LogP contribution in [0.5, 0.6) is 5.75 Å². The van der Waals surface area contributed by atoms with Crippen LogP contribution in [-0.4, -0.2) is 13.7 Å². The quantitative estimate of drug-likeness (QED) is 0.921. The maximum absolute atomic E-state index is 14.1. The maximum Gasteiger partial charge on any atom is 0.128 e. The summed E-state index contributed by atoms with van der Waals surface area (Å²) in [5, 5.41) is 3.71. The third kappa shape index (κ3) is 2.89. The maximum atomic E-state index is 14.1. The molecule has 0 spiro atoms. The van der Waals surface area contributed by atoms with Crippen molar-refractivity contribution in [3.8, 4) is 5.75 Å². The average Bonchev–Trinajstić information content (AvgIpc) is 2.51. The van der Waals surface area contributed by atoms with E-state index in [1.807, 2.05) is 19.2 Å². The molecule has 1 N–H and O–H groups in total. The summed E-state index contributed by atoms with van der Waals surface area (Å²) in [5.41, 5.74) is 2.76. The molecule has 0 aromatic heterocycles. The molecule has 2 aromatic rings. The molecule has 0 saturated carbocycles. The van der Waals surface area contributed by atoms with Crippen LogP contribution in [0.15, 0.2) is 36.4 Å². The molecule has 0 aliphatic carbocycles. The van der Waals surface area contributed by atoms with Gasteiger partial charge in [0.15, 0.2) is 0 Å². The second kappa shape index (κ2) is 6.04. The molecule has 1 heterocycles. The van der Waals surface area contributed by atoms with E-state index in [-0.39, 0.29) is 11.9 Å². The zero-order chi connectivity index (χ0) is 14.8. The average molecular weight is 306 g/mol. The van der Waals surface area contributed by atoms with Crippen LogP contribution in [0.3, 0.4) is 0 Å². The highest BCUT2D eigenvalue weighted by molar-refractivity contribution is 6.30. The lowest BCUT2D eigenvalue weighted by atomic mass is 9.94. The fourth-order valence-electron chi connectivity index (χ4n) is 2.80. The fraction of sp³-hybridized carbons (Fsp3) is 0.294. The Balaban J connectivity index is 2.01. The molecule has 1 aliphatic heterocycles. The molecule has 1 atom stereocenters. The largest absolute Gasteiger partial charge is 0.493 e. The standard InChI is InChI=1S/C17H17ClFNO/c1-20-17(14-10-13(18)5-6-15(14)19)12-4-7-16-11(9-12)3-2-8-21-16/h4-7,9-10,17,20H,2-3,8H2,1H3. The number of fused-ring (bicyclic) bond motifs is 1. The van der Waals surface area contributed by atoms with Crippen molar-refractivity contribution in [3.63, 3.8) is 0 Å². The Hall–Kier alpha value is -1.58. The van der Waals surface area contributed by atoms with E-state index in [2.05, 4.69) is 11.4 Å². The fourth-order valence-corrected chi connectivity index (χ4v) is 2.98. The van der Waals surface area contributed by atoms with E-state index in [1.165, 1.54) is 11.6 Å². The molecular formula is C17H17ClFNO. The molecule has 110 valence electrons. The van der Waals surface area contributed by atoms with Gasteiger partial charge in [0.2, 0.25) is 0 Å². The SMILES string of the molecule is CNC(c1ccc2c(c1)CCCO2)c1cc(Cl)ccc1F. The first-order valence-electron chi connectivity index (χ1n) is 7.07. The summed E-state index contributed by atoms with van der Waals surface area (Å²) >= 11 is 6.01. The van der Waals surface area contributed by atoms with Gasteiger partial charge in [0, 0.05) is 10.6 Å². The number of benzene rings is 2. The first kappa shape index (κ1) is 14.4. The molecule has 3 rings (SSSR count). The number of hydrogen-bond donors (Lipinski definition) is 1. The Morgan fingerprint density at radius 3 is 2.90 bits per heavy atom. The highest BCUT2D eigenvalue weighted by atomic mass is 35.5. The Morgan fingerprint density at radius 1 is 1.24 bits per heavy atom. The van der Waals surface area contributed by atoms with Crippen LogP contribution in [-0.2, 0) is 6.42 Å². The molecule has 1 aliphatic rings. The van der Waals surface area contributed by atoms with Crippen LogP contribution in [0.25, 0.3) is 0 Å². The topological polar surface area (TPSA) is 21.3 Å². The highest BCUT2D eigenvalue weighted by Gasteiger charge is 2.19. The Labute approximate surface area is 128 Å². The lowest BCUT2D eigenvalue weighted by Crippen LogP contribution is -2.20. The molecule has 0 radical (unpaired) electrons. The van der Waals surface area contributed by atoms with Crippen molar-refractivity contribution >= 4 is 11.6 Å². The zero-order valence-corrected chi connectivity index (χ0v) is 12.6. The monoisotopic (exact) mass is 305 g/mol. The van der Waals surface area contributed by atoms with Gasteiger partial charge in [-0.2, -0.15) is 0 Å². The number of ether oxygens (including phenoxy) is 1. The number of aryl methyl sites for hydroxylation is 1. The molecule has 2 aromatic carbocycles.